The normalized spacial score (nSPS) is 16.4. The first-order valence-corrected chi connectivity index (χ1v) is 6.92. The van der Waals surface area contributed by atoms with Gasteiger partial charge in [-0.15, -0.1) is 0 Å². The van der Waals surface area contributed by atoms with E-state index >= 15 is 0 Å². The Labute approximate surface area is 117 Å². The van der Waals surface area contributed by atoms with Gasteiger partial charge in [0, 0.05) is 31.7 Å². The van der Waals surface area contributed by atoms with Crippen LogP contribution in [0, 0.1) is 10.1 Å². The van der Waals surface area contributed by atoms with E-state index in [9.17, 15) is 14.9 Å². The van der Waals surface area contributed by atoms with E-state index in [2.05, 4.69) is 0 Å². The van der Waals surface area contributed by atoms with E-state index in [4.69, 9.17) is 5.73 Å². The van der Waals surface area contributed by atoms with Gasteiger partial charge in [0.15, 0.2) is 0 Å². The van der Waals surface area contributed by atoms with Crippen LogP contribution in [0.15, 0.2) is 12.3 Å². The van der Waals surface area contributed by atoms with Crippen molar-refractivity contribution in [3.05, 3.63) is 28.1 Å². The highest BCUT2D eigenvalue weighted by Crippen LogP contribution is 2.20. The van der Waals surface area contributed by atoms with Crippen molar-refractivity contribution in [2.75, 3.05) is 13.1 Å². The Morgan fingerprint density at radius 3 is 2.70 bits per heavy atom. The van der Waals surface area contributed by atoms with Crippen molar-refractivity contribution in [2.45, 2.75) is 38.8 Å². The number of nitro groups is 1. The van der Waals surface area contributed by atoms with E-state index in [1.165, 1.54) is 12.3 Å². The number of likely N-dealkylation sites (tertiary alicyclic amines) is 1. The molecule has 1 aliphatic rings. The summed E-state index contributed by atoms with van der Waals surface area (Å²) in [6, 6.07) is 1.52. The van der Waals surface area contributed by atoms with Crippen molar-refractivity contribution in [1.29, 1.82) is 0 Å². The molecule has 0 atom stereocenters. The summed E-state index contributed by atoms with van der Waals surface area (Å²) in [5.74, 6) is -0.140. The van der Waals surface area contributed by atoms with E-state index in [0.717, 1.165) is 19.3 Å². The maximum atomic E-state index is 12.5. The predicted molar refractivity (Wildman–Crippen MR) is 74.5 cm³/mol. The van der Waals surface area contributed by atoms with Crippen molar-refractivity contribution in [3.8, 4) is 0 Å². The van der Waals surface area contributed by atoms with Gasteiger partial charge in [-0.1, -0.05) is 6.92 Å². The highest BCUT2D eigenvalue weighted by molar-refractivity contribution is 5.93. The number of hydrogen-bond donors (Lipinski definition) is 1. The van der Waals surface area contributed by atoms with Crippen LogP contribution in [0.4, 0.5) is 5.69 Å². The van der Waals surface area contributed by atoms with E-state index in [1.54, 1.807) is 9.47 Å². The molecule has 2 N–H and O–H groups in total. The van der Waals surface area contributed by atoms with Gasteiger partial charge < -0.3 is 15.2 Å². The quantitative estimate of drug-likeness (QED) is 0.665. The van der Waals surface area contributed by atoms with Crippen LogP contribution in [-0.4, -0.2) is 39.4 Å². The topological polar surface area (TPSA) is 94.4 Å². The summed E-state index contributed by atoms with van der Waals surface area (Å²) >= 11 is 0. The molecule has 2 heterocycles. The molecule has 1 fully saturated rings. The minimum Gasteiger partial charge on any atom is -0.337 e. The molecule has 110 valence electrons. The number of rotatable bonds is 4. The van der Waals surface area contributed by atoms with E-state index in [-0.39, 0.29) is 17.6 Å². The van der Waals surface area contributed by atoms with Gasteiger partial charge in [0.25, 0.3) is 11.6 Å². The molecular formula is C13H20N4O3. The lowest BCUT2D eigenvalue weighted by molar-refractivity contribution is -0.384. The summed E-state index contributed by atoms with van der Waals surface area (Å²) in [4.78, 5) is 24.6. The third-order valence-corrected chi connectivity index (χ3v) is 3.60. The molecule has 20 heavy (non-hydrogen) atoms. The fourth-order valence-corrected chi connectivity index (χ4v) is 2.46. The van der Waals surface area contributed by atoms with Gasteiger partial charge in [-0.3, -0.25) is 14.9 Å². The lowest BCUT2D eigenvalue weighted by Gasteiger charge is -2.30. The van der Waals surface area contributed by atoms with Crippen LogP contribution in [0.5, 0.6) is 0 Å². The van der Waals surface area contributed by atoms with Crippen LogP contribution in [-0.2, 0) is 6.54 Å². The number of hydrogen-bond acceptors (Lipinski definition) is 4. The van der Waals surface area contributed by atoms with Crippen molar-refractivity contribution in [2.24, 2.45) is 5.73 Å². The van der Waals surface area contributed by atoms with Crippen LogP contribution in [0.1, 0.15) is 36.7 Å². The first-order valence-electron chi connectivity index (χ1n) is 6.92. The molecule has 7 heteroatoms. The zero-order chi connectivity index (χ0) is 14.7. The molecule has 0 spiro atoms. The second-order valence-corrected chi connectivity index (χ2v) is 5.16. The van der Waals surface area contributed by atoms with Crippen molar-refractivity contribution >= 4 is 11.6 Å². The summed E-state index contributed by atoms with van der Waals surface area (Å²) in [7, 11) is 0. The monoisotopic (exact) mass is 280 g/mol. The van der Waals surface area contributed by atoms with Gasteiger partial charge in [0.05, 0.1) is 11.1 Å². The number of aryl methyl sites for hydroxylation is 1. The minimum atomic E-state index is -0.463. The van der Waals surface area contributed by atoms with Gasteiger partial charge in [0.1, 0.15) is 5.69 Å². The number of carbonyl (C=O) groups excluding carboxylic acids is 1. The van der Waals surface area contributed by atoms with E-state index < -0.39 is 4.92 Å². The Bertz CT molecular complexity index is 504. The summed E-state index contributed by atoms with van der Waals surface area (Å²) in [6.07, 6.45) is 3.81. The Morgan fingerprint density at radius 2 is 2.15 bits per heavy atom. The first kappa shape index (κ1) is 14.5. The van der Waals surface area contributed by atoms with Gasteiger partial charge in [-0.05, 0) is 19.3 Å². The minimum absolute atomic E-state index is 0.0319. The van der Waals surface area contributed by atoms with Crippen LogP contribution in [0.3, 0.4) is 0 Å². The predicted octanol–water partition coefficient (Wildman–Crippen LogP) is 1.37. The van der Waals surface area contributed by atoms with Crippen LogP contribution in [0.25, 0.3) is 0 Å². The summed E-state index contributed by atoms with van der Waals surface area (Å²) < 4.78 is 1.68. The average Bonchev–Trinajstić information content (AvgIpc) is 2.83. The molecule has 7 nitrogen and oxygen atoms in total. The average molecular weight is 280 g/mol. The molecule has 0 unspecified atom stereocenters. The molecule has 1 aromatic heterocycles. The Balaban J connectivity index is 2.21. The highest BCUT2D eigenvalue weighted by atomic mass is 16.6. The number of aromatic nitrogens is 1. The van der Waals surface area contributed by atoms with Crippen LogP contribution < -0.4 is 5.73 Å². The standard InChI is InChI=1S/C13H20N4O3/c1-2-5-16-9-11(17(19)20)8-12(16)13(18)15-6-3-10(14)4-7-15/h8-10H,2-7,14H2,1H3. The zero-order valence-corrected chi connectivity index (χ0v) is 11.6. The number of nitrogens with two attached hydrogens (primary N) is 1. The van der Waals surface area contributed by atoms with E-state index in [1.807, 2.05) is 6.92 Å². The first-order chi connectivity index (χ1) is 9.52. The van der Waals surface area contributed by atoms with Crippen LogP contribution in [0.2, 0.25) is 0 Å². The van der Waals surface area contributed by atoms with Crippen LogP contribution >= 0.6 is 0 Å². The maximum Gasteiger partial charge on any atom is 0.287 e. The smallest absolute Gasteiger partial charge is 0.287 e. The van der Waals surface area contributed by atoms with Gasteiger partial charge >= 0.3 is 0 Å². The molecule has 1 aromatic rings. The molecule has 0 bridgehead atoms. The lowest BCUT2D eigenvalue weighted by Crippen LogP contribution is -2.43. The summed E-state index contributed by atoms with van der Waals surface area (Å²) in [6.45, 7) is 3.80. The maximum absolute atomic E-state index is 12.5. The molecule has 0 aliphatic carbocycles. The molecular weight excluding hydrogens is 260 g/mol. The zero-order valence-electron chi connectivity index (χ0n) is 11.6. The SMILES string of the molecule is CCCn1cc([N+](=O)[O-])cc1C(=O)N1CCC(N)CC1. The van der Waals surface area contributed by atoms with Crippen molar-refractivity contribution < 1.29 is 9.72 Å². The number of amides is 1. The molecule has 1 amide bonds. The Kier molecular flexibility index (Phi) is 4.39. The Hall–Kier alpha value is -1.89. The fourth-order valence-electron chi connectivity index (χ4n) is 2.46. The number of nitrogens with zero attached hydrogens (tertiary/aromatic N) is 3. The number of carbonyl (C=O) groups is 1. The summed E-state index contributed by atoms with van der Waals surface area (Å²) in [5, 5.41) is 10.9. The molecule has 0 saturated carbocycles. The highest BCUT2D eigenvalue weighted by Gasteiger charge is 2.26. The van der Waals surface area contributed by atoms with Gasteiger partial charge in [-0.25, -0.2) is 0 Å². The second kappa shape index (κ2) is 6.04. The Morgan fingerprint density at radius 1 is 1.50 bits per heavy atom. The third-order valence-electron chi connectivity index (χ3n) is 3.60. The lowest BCUT2D eigenvalue weighted by atomic mass is 10.1. The van der Waals surface area contributed by atoms with Gasteiger partial charge in [-0.2, -0.15) is 0 Å². The molecule has 2 rings (SSSR count). The molecule has 1 saturated heterocycles. The molecule has 0 aromatic carbocycles. The fraction of sp³-hybridized carbons (Fsp3) is 0.615. The third kappa shape index (κ3) is 2.98. The van der Waals surface area contributed by atoms with E-state index in [0.29, 0.717) is 25.3 Å². The largest absolute Gasteiger partial charge is 0.337 e. The van der Waals surface area contributed by atoms with Crippen molar-refractivity contribution in [3.63, 3.8) is 0 Å². The summed E-state index contributed by atoms with van der Waals surface area (Å²) in [5.41, 5.74) is 6.19. The van der Waals surface area contributed by atoms with Gasteiger partial charge in [0.2, 0.25) is 0 Å². The number of piperidine rings is 1. The molecule has 1 aliphatic heterocycles. The second-order valence-electron chi connectivity index (χ2n) is 5.16. The van der Waals surface area contributed by atoms with Crippen molar-refractivity contribution in [1.82, 2.24) is 9.47 Å². The molecule has 0 radical (unpaired) electrons.